The van der Waals surface area contributed by atoms with Crippen LogP contribution in [0.4, 0.5) is 4.79 Å². The van der Waals surface area contributed by atoms with E-state index in [1.165, 1.54) is 0 Å². The molecule has 6 atom stereocenters. The van der Waals surface area contributed by atoms with Crippen molar-refractivity contribution in [2.75, 3.05) is 35.0 Å². The van der Waals surface area contributed by atoms with E-state index in [0.29, 0.717) is 18.0 Å². The van der Waals surface area contributed by atoms with Gasteiger partial charge in [0, 0.05) is 18.6 Å². The van der Waals surface area contributed by atoms with Crippen molar-refractivity contribution in [3.05, 3.63) is 119 Å². The van der Waals surface area contributed by atoms with Crippen LogP contribution < -0.4 is 29.6 Å². The van der Waals surface area contributed by atoms with Gasteiger partial charge in [0.1, 0.15) is 28.8 Å². The number of rotatable bonds is 9. The third kappa shape index (κ3) is 5.99. The van der Waals surface area contributed by atoms with Crippen LogP contribution in [-0.2, 0) is 4.79 Å². The van der Waals surface area contributed by atoms with E-state index in [2.05, 4.69) is 10.6 Å². The normalized spacial score (nSPS) is 23.5. The van der Waals surface area contributed by atoms with Gasteiger partial charge < -0.3 is 34.5 Å². The quantitative estimate of drug-likeness (QED) is 0.219. The summed E-state index contributed by atoms with van der Waals surface area (Å²) in [4.78, 5) is 31.6. The zero-order valence-corrected chi connectivity index (χ0v) is 27.3. The smallest absolute Gasteiger partial charge is 0.318 e. The summed E-state index contributed by atoms with van der Waals surface area (Å²) >= 11 is 0. The van der Waals surface area contributed by atoms with Crippen LogP contribution in [0.1, 0.15) is 53.3 Å². The van der Waals surface area contributed by atoms with Gasteiger partial charge in [-0.05, 0) is 77.7 Å². The number of hydrogen-bond donors (Lipinski definition) is 2. The zero-order valence-electron chi connectivity index (χ0n) is 27.3. The van der Waals surface area contributed by atoms with Gasteiger partial charge in [-0.2, -0.15) is 0 Å². The molecule has 47 heavy (non-hydrogen) atoms. The van der Waals surface area contributed by atoms with Crippen molar-refractivity contribution in [3.63, 3.8) is 0 Å². The second kappa shape index (κ2) is 13.8. The molecule has 4 aromatic rings. The van der Waals surface area contributed by atoms with Gasteiger partial charge in [0.25, 0.3) is 0 Å². The lowest BCUT2D eigenvalue weighted by Crippen LogP contribution is -2.63. The van der Waals surface area contributed by atoms with Crippen molar-refractivity contribution >= 4 is 11.8 Å². The second-order valence-electron chi connectivity index (χ2n) is 11.8. The monoisotopic (exact) mass is 635 g/mol. The Balaban J connectivity index is 1.60. The minimum atomic E-state index is -0.603. The lowest BCUT2D eigenvalue weighted by Gasteiger charge is -2.57. The Morgan fingerprint density at radius 1 is 0.596 bits per heavy atom. The fourth-order valence-electron chi connectivity index (χ4n) is 7.21. The first-order valence-corrected chi connectivity index (χ1v) is 15.8. The molecule has 0 spiro atoms. The van der Waals surface area contributed by atoms with Crippen molar-refractivity contribution < 1.29 is 28.5 Å². The Morgan fingerprint density at radius 2 is 0.915 bits per heavy atom. The molecular formula is C38H41N3O6. The number of piperidine rings is 2. The molecule has 2 amide bonds. The van der Waals surface area contributed by atoms with Crippen LogP contribution in [0.5, 0.6) is 23.0 Å². The van der Waals surface area contributed by atoms with Crippen LogP contribution in [0.25, 0.3) is 0 Å². The molecule has 6 unspecified atom stereocenters. The number of nitrogens with zero attached hydrogens (tertiary/aromatic N) is 1. The van der Waals surface area contributed by atoms with E-state index >= 15 is 4.79 Å². The number of methoxy groups -OCH3 is 4. The molecule has 2 saturated heterocycles. The van der Waals surface area contributed by atoms with E-state index in [1.54, 1.807) is 28.4 Å². The van der Waals surface area contributed by atoms with Crippen LogP contribution in [0.3, 0.4) is 0 Å². The fraction of sp³-hybridized carbons (Fsp3) is 0.316. The van der Waals surface area contributed by atoms with Gasteiger partial charge in [-0.1, -0.05) is 48.5 Å². The van der Waals surface area contributed by atoms with Gasteiger partial charge >= 0.3 is 6.03 Å². The summed E-state index contributed by atoms with van der Waals surface area (Å²) in [6, 6.07) is 28.6. The molecule has 2 aliphatic rings. The maximum absolute atomic E-state index is 15.3. The highest BCUT2D eigenvalue weighted by Gasteiger charge is 2.59. The number of carbonyl (C=O) groups excluding carboxylic acids is 2. The minimum Gasteiger partial charge on any atom is -0.497 e. The topological polar surface area (TPSA) is 98.4 Å². The summed E-state index contributed by atoms with van der Waals surface area (Å²) in [6.45, 7) is 2.34. The number of benzene rings is 4. The standard InChI is InChI=1S/C38H41N3O6/c1-6-39-38(43)41-35(25-11-19-29(46-4)20-12-25)31-33(23-7-15-27(44-2)16-8-23)40-34(24-9-17-28(45-3)18-10-24)32(37(31)42)36(41)26-13-21-30(47-5)22-14-26/h7-22,31-36,40H,6H2,1-5H3,(H,39,43). The first-order chi connectivity index (χ1) is 22.9. The maximum Gasteiger partial charge on any atom is 0.318 e. The highest BCUT2D eigenvalue weighted by atomic mass is 16.5. The van der Waals surface area contributed by atoms with E-state index in [4.69, 9.17) is 18.9 Å². The van der Waals surface area contributed by atoms with Gasteiger partial charge in [0.15, 0.2) is 0 Å². The molecule has 9 heteroatoms. The van der Waals surface area contributed by atoms with Gasteiger partial charge in [-0.25, -0.2) is 4.79 Å². The van der Waals surface area contributed by atoms with Crippen molar-refractivity contribution in [1.29, 1.82) is 0 Å². The van der Waals surface area contributed by atoms with Gasteiger partial charge in [0.05, 0.1) is 52.4 Å². The number of hydrogen-bond acceptors (Lipinski definition) is 7. The number of nitrogens with one attached hydrogen (secondary N) is 2. The predicted molar refractivity (Wildman–Crippen MR) is 179 cm³/mol. The average molecular weight is 636 g/mol. The van der Waals surface area contributed by atoms with Crippen molar-refractivity contribution in [3.8, 4) is 23.0 Å². The molecule has 2 fully saturated rings. The van der Waals surface area contributed by atoms with Crippen LogP contribution in [0.2, 0.25) is 0 Å². The van der Waals surface area contributed by atoms with Crippen molar-refractivity contribution in [2.45, 2.75) is 31.1 Å². The number of likely N-dealkylation sites (tertiary alicyclic amines) is 1. The molecule has 0 aliphatic carbocycles. The Hall–Kier alpha value is -5.02. The minimum absolute atomic E-state index is 0.0903. The summed E-state index contributed by atoms with van der Waals surface area (Å²) in [7, 11) is 6.50. The highest BCUT2D eigenvalue weighted by Crippen LogP contribution is 2.57. The highest BCUT2D eigenvalue weighted by molar-refractivity contribution is 5.91. The van der Waals surface area contributed by atoms with Gasteiger partial charge in [0.2, 0.25) is 0 Å². The van der Waals surface area contributed by atoms with Crippen molar-refractivity contribution in [2.24, 2.45) is 11.8 Å². The van der Waals surface area contributed by atoms with Crippen molar-refractivity contribution in [1.82, 2.24) is 15.5 Å². The zero-order chi connectivity index (χ0) is 33.1. The molecular weight excluding hydrogens is 594 g/mol. The summed E-state index contributed by atoms with van der Waals surface area (Å²) in [5.74, 6) is 1.71. The Morgan fingerprint density at radius 3 is 1.21 bits per heavy atom. The largest absolute Gasteiger partial charge is 0.497 e. The molecule has 9 nitrogen and oxygen atoms in total. The molecule has 0 radical (unpaired) electrons. The number of urea groups is 1. The molecule has 2 heterocycles. The number of fused-ring (bicyclic) bond motifs is 2. The summed E-state index contributed by atoms with van der Waals surface area (Å²) in [5, 5.41) is 7.00. The van der Waals surface area contributed by atoms with Crippen LogP contribution >= 0.6 is 0 Å². The third-order valence-electron chi connectivity index (χ3n) is 9.44. The summed E-state index contributed by atoms with van der Waals surface area (Å²) in [5.41, 5.74) is 3.54. The lowest BCUT2D eigenvalue weighted by atomic mass is 9.63. The Kier molecular flexibility index (Phi) is 9.36. The lowest BCUT2D eigenvalue weighted by molar-refractivity contribution is -0.146. The van der Waals surface area contributed by atoms with E-state index < -0.39 is 36.0 Å². The number of Topliss-reactive ketones (excluding diaryl/α,β-unsaturated/α-hetero) is 1. The predicted octanol–water partition coefficient (Wildman–Crippen LogP) is 6.44. The van der Waals surface area contributed by atoms with Gasteiger partial charge in [-0.3, -0.25) is 4.79 Å². The number of ether oxygens (including phenoxy) is 4. The Labute approximate surface area is 275 Å². The Bertz CT molecular complexity index is 1560. The molecule has 244 valence electrons. The second-order valence-corrected chi connectivity index (χ2v) is 11.8. The summed E-state index contributed by atoms with van der Waals surface area (Å²) < 4.78 is 21.9. The number of carbonyl (C=O) groups is 2. The SMILES string of the molecule is CCNC(=O)N1C(c2ccc(OC)cc2)C2C(=O)C(C(c3ccc(OC)cc3)NC2c2ccc(OC)cc2)C1c1ccc(OC)cc1. The first-order valence-electron chi connectivity index (χ1n) is 15.8. The number of amides is 2. The molecule has 0 aromatic heterocycles. The van der Waals surface area contributed by atoms with Gasteiger partial charge in [-0.15, -0.1) is 0 Å². The summed E-state index contributed by atoms with van der Waals surface area (Å²) in [6.07, 6.45) is 0. The van der Waals surface area contributed by atoms with E-state index in [0.717, 1.165) is 33.8 Å². The maximum atomic E-state index is 15.3. The average Bonchev–Trinajstić information content (AvgIpc) is 3.12. The van der Waals surface area contributed by atoms with Crippen LogP contribution in [0.15, 0.2) is 97.1 Å². The first kappa shape index (κ1) is 31.9. The molecule has 2 bridgehead atoms. The van der Waals surface area contributed by atoms with E-state index in [9.17, 15) is 4.79 Å². The van der Waals surface area contributed by atoms with Crippen LogP contribution in [0, 0.1) is 11.8 Å². The molecule has 2 N–H and O–H groups in total. The van der Waals surface area contributed by atoms with Crippen LogP contribution in [-0.4, -0.2) is 51.7 Å². The van der Waals surface area contributed by atoms with E-state index in [-0.39, 0.29) is 11.8 Å². The molecule has 2 aliphatic heterocycles. The van der Waals surface area contributed by atoms with E-state index in [1.807, 2.05) is 109 Å². The fourth-order valence-corrected chi connectivity index (χ4v) is 7.21. The molecule has 6 rings (SSSR count). The molecule has 0 saturated carbocycles. The third-order valence-corrected chi connectivity index (χ3v) is 9.44. The molecule has 4 aromatic carbocycles. The number of ketones is 1.